The largest absolute Gasteiger partial charge is 0.490 e. The van der Waals surface area contributed by atoms with Gasteiger partial charge in [-0.15, -0.1) is 0 Å². The Balaban J connectivity index is 0.000000360. The van der Waals surface area contributed by atoms with Gasteiger partial charge in [0.05, 0.1) is 6.20 Å². The van der Waals surface area contributed by atoms with Crippen LogP contribution in [0.4, 0.5) is 32.2 Å². The third-order valence-electron chi connectivity index (χ3n) is 1.36. The molecule has 0 saturated heterocycles. The van der Waals surface area contributed by atoms with Gasteiger partial charge >= 0.3 is 18.3 Å². The molecule has 0 fully saturated rings. The first-order chi connectivity index (χ1) is 7.98. The molecule has 0 aliphatic rings. The Morgan fingerprint density at radius 2 is 1.78 bits per heavy atom. The van der Waals surface area contributed by atoms with E-state index in [1.54, 1.807) is 0 Å². The van der Waals surface area contributed by atoms with E-state index in [-0.39, 0.29) is 5.82 Å². The van der Waals surface area contributed by atoms with Gasteiger partial charge in [0.2, 0.25) is 5.82 Å². The van der Waals surface area contributed by atoms with E-state index in [2.05, 4.69) is 15.3 Å². The molecule has 0 aliphatic carbocycles. The van der Waals surface area contributed by atoms with Crippen LogP contribution < -0.4 is 5.32 Å². The van der Waals surface area contributed by atoms with E-state index in [0.29, 0.717) is 0 Å². The third-order valence-corrected chi connectivity index (χ3v) is 1.36. The van der Waals surface area contributed by atoms with E-state index in [4.69, 9.17) is 9.90 Å². The van der Waals surface area contributed by atoms with Gasteiger partial charge in [-0.3, -0.25) is 0 Å². The molecule has 5 nitrogen and oxygen atoms in total. The summed E-state index contributed by atoms with van der Waals surface area (Å²) in [4.78, 5) is 14.1. The smallest absolute Gasteiger partial charge is 0.475 e. The van der Waals surface area contributed by atoms with Crippen LogP contribution in [0.3, 0.4) is 0 Å². The molecule has 0 amide bonds. The molecule has 0 spiro atoms. The number of carbonyl (C=O) groups is 1. The monoisotopic (exact) mass is 279 g/mol. The second-order valence-corrected chi connectivity index (χ2v) is 2.70. The van der Waals surface area contributed by atoms with Crippen molar-refractivity contribution in [2.45, 2.75) is 12.4 Å². The van der Waals surface area contributed by atoms with Crippen molar-refractivity contribution >= 4 is 11.8 Å². The SMILES string of the molecule is CNc1cnc(C(F)(F)F)[nH]1.O=C(O)C(F)(F)F. The maximum atomic E-state index is 11.8. The minimum atomic E-state index is -5.08. The molecule has 0 saturated carbocycles. The number of hydrogen-bond acceptors (Lipinski definition) is 3. The lowest BCUT2D eigenvalue weighted by Crippen LogP contribution is -2.21. The molecule has 1 aromatic rings. The number of carboxylic acid groups (broad SMARTS) is 1. The van der Waals surface area contributed by atoms with E-state index in [0.717, 1.165) is 6.20 Å². The molecule has 1 heterocycles. The molecule has 3 N–H and O–H groups in total. The zero-order valence-corrected chi connectivity index (χ0v) is 8.65. The maximum absolute atomic E-state index is 11.8. The predicted octanol–water partition coefficient (Wildman–Crippen LogP) is 2.10. The van der Waals surface area contributed by atoms with Crippen LogP contribution in [-0.4, -0.2) is 34.3 Å². The van der Waals surface area contributed by atoms with Crippen molar-refractivity contribution in [2.24, 2.45) is 0 Å². The maximum Gasteiger partial charge on any atom is 0.490 e. The first-order valence-corrected chi connectivity index (χ1v) is 4.08. The molecule has 0 atom stereocenters. The van der Waals surface area contributed by atoms with Gasteiger partial charge in [-0.25, -0.2) is 9.78 Å². The Kier molecular flexibility index (Phi) is 5.00. The summed E-state index contributed by atoms with van der Waals surface area (Å²) in [5.74, 6) is -3.49. The Morgan fingerprint density at radius 3 is 1.94 bits per heavy atom. The van der Waals surface area contributed by atoms with Crippen LogP contribution in [0.1, 0.15) is 5.82 Å². The number of rotatable bonds is 1. The molecule has 11 heteroatoms. The van der Waals surface area contributed by atoms with Gasteiger partial charge in [-0.2, -0.15) is 26.3 Å². The molecule has 1 aromatic heterocycles. The lowest BCUT2D eigenvalue weighted by molar-refractivity contribution is -0.192. The highest BCUT2D eigenvalue weighted by Crippen LogP contribution is 2.26. The first-order valence-electron chi connectivity index (χ1n) is 4.08. The van der Waals surface area contributed by atoms with Crippen LogP contribution in [0.15, 0.2) is 6.20 Å². The summed E-state index contributed by atoms with van der Waals surface area (Å²) in [6, 6.07) is 0. The number of nitrogens with one attached hydrogen (secondary N) is 2. The number of aliphatic carboxylic acids is 1. The number of carboxylic acids is 1. The van der Waals surface area contributed by atoms with Gasteiger partial charge in [0.1, 0.15) is 5.82 Å². The number of alkyl halides is 6. The number of aromatic nitrogens is 2. The molecule has 0 unspecified atom stereocenters. The van der Waals surface area contributed by atoms with E-state index in [9.17, 15) is 26.3 Å². The standard InChI is InChI=1S/C5H6F3N3.C2HF3O2/c1-9-3-2-10-4(11-3)5(6,7)8;3-2(4,5)1(6)7/h2,9H,1H3,(H,10,11);(H,6,7). The molecule has 0 aliphatic heterocycles. The number of nitrogens with zero attached hydrogens (tertiary/aromatic N) is 1. The van der Waals surface area contributed by atoms with Gasteiger partial charge in [-0.1, -0.05) is 0 Å². The van der Waals surface area contributed by atoms with Crippen molar-refractivity contribution in [3.8, 4) is 0 Å². The molecular weight excluding hydrogens is 272 g/mol. The van der Waals surface area contributed by atoms with Crippen LogP contribution in [0.25, 0.3) is 0 Å². The number of hydrogen-bond donors (Lipinski definition) is 3. The molecule has 18 heavy (non-hydrogen) atoms. The summed E-state index contributed by atoms with van der Waals surface area (Å²) in [6.45, 7) is 0. The van der Waals surface area contributed by atoms with Gasteiger partial charge in [0.25, 0.3) is 0 Å². The molecular formula is C7H7F6N3O2. The number of anilines is 1. The molecule has 1 rings (SSSR count). The summed E-state index contributed by atoms with van der Waals surface area (Å²) >= 11 is 0. The summed E-state index contributed by atoms with van der Waals surface area (Å²) in [5, 5.41) is 9.63. The second-order valence-electron chi connectivity index (χ2n) is 2.70. The molecule has 0 radical (unpaired) electrons. The molecule has 0 bridgehead atoms. The number of halogens is 6. The summed E-state index contributed by atoms with van der Waals surface area (Å²) in [7, 11) is 1.51. The average molecular weight is 279 g/mol. The average Bonchev–Trinajstić information content (AvgIpc) is 2.64. The predicted molar refractivity (Wildman–Crippen MR) is 46.8 cm³/mol. The van der Waals surface area contributed by atoms with Crippen molar-refractivity contribution in [1.29, 1.82) is 0 Å². The minimum absolute atomic E-state index is 0.248. The Hall–Kier alpha value is -1.94. The van der Waals surface area contributed by atoms with Crippen molar-refractivity contribution in [3.05, 3.63) is 12.0 Å². The fourth-order valence-electron chi connectivity index (χ4n) is 0.592. The lowest BCUT2D eigenvalue weighted by Gasteiger charge is -1.99. The van der Waals surface area contributed by atoms with E-state index in [1.807, 2.05) is 0 Å². The van der Waals surface area contributed by atoms with E-state index < -0.39 is 24.1 Å². The highest BCUT2D eigenvalue weighted by molar-refractivity contribution is 5.73. The lowest BCUT2D eigenvalue weighted by atomic mass is 10.6. The van der Waals surface area contributed by atoms with Gasteiger partial charge in [-0.05, 0) is 0 Å². The highest BCUT2D eigenvalue weighted by Gasteiger charge is 2.38. The Morgan fingerprint density at radius 1 is 1.33 bits per heavy atom. The molecule has 0 aromatic carbocycles. The fraction of sp³-hybridized carbons (Fsp3) is 0.429. The van der Waals surface area contributed by atoms with Gasteiger partial charge in [0, 0.05) is 7.05 Å². The number of H-pyrrole nitrogens is 1. The summed E-state index contributed by atoms with van der Waals surface area (Å²) < 4.78 is 67.2. The Bertz CT molecular complexity index is 397. The topological polar surface area (TPSA) is 78.0 Å². The van der Waals surface area contributed by atoms with Gasteiger partial charge < -0.3 is 15.4 Å². The summed E-state index contributed by atoms with van der Waals surface area (Å²) in [6.07, 6.45) is -8.39. The Labute approximate surface area is 95.8 Å². The summed E-state index contributed by atoms with van der Waals surface area (Å²) in [5.41, 5.74) is 0. The zero-order chi connectivity index (χ0) is 14.6. The van der Waals surface area contributed by atoms with Crippen LogP contribution >= 0.6 is 0 Å². The zero-order valence-electron chi connectivity index (χ0n) is 8.65. The normalized spacial score (nSPS) is 11.5. The molecule has 104 valence electrons. The van der Waals surface area contributed by atoms with Crippen LogP contribution in [-0.2, 0) is 11.0 Å². The number of imidazole rings is 1. The number of aromatic amines is 1. The quantitative estimate of drug-likeness (QED) is 0.688. The minimum Gasteiger partial charge on any atom is -0.475 e. The van der Waals surface area contributed by atoms with Crippen LogP contribution in [0, 0.1) is 0 Å². The van der Waals surface area contributed by atoms with Crippen LogP contribution in [0.2, 0.25) is 0 Å². The van der Waals surface area contributed by atoms with Crippen molar-refractivity contribution in [3.63, 3.8) is 0 Å². The highest BCUT2D eigenvalue weighted by atomic mass is 19.4. The van der Waals surface area contributed by atoms with Crippen molar-refractivity contribution in [2.75, 3.05) is 12.4 Å². The van der Waals surface area contributed by atoms with E-state index in [1.165, 1.54) is 7.05 Å². The fourth-order valence-corrected chi connectivity index (χ4v) is 0.592. The van der Waals surface area contributed by atoms with Gasteiger partial charge in [0.15, 0.2) is 0 Å². The van der Waals surface area contributed by atoms with Crippen molar-refractivity contribution in [1.82, 2.24) is 9.97 Å². The second kappa shape index (κ2) is 5.60. The van der Waals surface area contributed by atoms with Crippen molar-refractivity contribution < 1.29 is 36.2 Å². The van der Waals surface area contributed by atoms with Crippen LogP contribution in [0.5, 0.6) is 0 Å². The third kappa shape index (κ3) is 5.41. The first kappa shape index (κ1) is 16.1. The van der Waals surface area contributed by atoms with E-state index >= 15 is 0 Å².